The Labute approximate surface area is 105 Å². The van der Waals surface area contributed by atoms with Crippen molar-refractivity contribution in [2.75, 3.05) is 27.3 Å². The van der Waals surface area contributed by atoms with Gasteiger partial charge in [-0.2, -0.15) is 0 Å². The van der Waals surface area contributed by atoms with Crippen LogP contribution in [-0.2, 0) is 4.79 Å². The summed E-state index contributed by atoms with van der Waals surface area (Å²) in [6.45, 7) is 0.107. The number of rotatable bonds is 6. The lowest BCUT2D eigenvalue weighted by Gasteiger charge is -2.24. The van der Waals surface area contributed by atoms with Crippen LogP contribution in [0.3, 0.4) is 0 Å². The molecule has 0 aliphatic rings. The molecule has 1 atom stereocenters. The van der Waals surface area contributed by atoms with Gasteiger partial charge in [0.05, 0.1) is 13.7 Å². The number of phenolic OH excluding ortho intramolecular Hbond substituents is 1. The monoisotopic (exact) mass is 255 g/mol. The third kappa shape index (κ3) is 3.12. The molecule has 100 valence electrons. The number of aliphatic hydroxyl groups excluding tert-OH is 1. The summed E-state index contributed by atoms with van der Waals surface area (Å²) in [5, 5.41) is 27.6. The number of carboxylic acid groups (broad SMARTS) is 1. The van der Waals surface area contributed by atoms with E-state index in [2.05, 4.69) is 0 Å². The molecule has 6 nitrogen and oxygen atoms in total. The Balaban J connectivity index is 3.10. The van der Waals surface area contributed by atoms with E-state index in [-0.39, 0.29) is 24.7 Å². The molecule has 0 saturated heterocycles. The molecule has 0 spiro atoms. The van der Waals surface area contributed by atoms with Gasteiger partial charge in [-0.15, -0.1) is 0 Å². The van der Waals surface area contributed by atoms with Crippen LogP contribution in [0.1, 0.15) is 11.6 Å². The fourth-order valence-corrected chi connectivity index (χ4v) is 1.74. The second-order valence-corrected chi connectivity index (χ2v) is 3.88. The van der Waals surface area contributed by atoms with Crippen molar-refractivity contribution in [3.63, 3.8) is 0 Å². The van der Waals surface area contributed by atoms with Crippen molar-refractivity contribution in [3.05, 3.63) is 23.8 Å². The molecule has 0 heterocycles. The first-order valence-electron chi connectivity index (χ1n) is 5.42. The number of ether oxygens (including phenoxy) is 1. The van der Waals surface area contributed by atoms with Gasteiger partial charge in [0.25, 0.3) is 0 Å². The summed E-state index contributed by atoms with van der Waals surface area (Å²) in [7, 11) is 3.00. The predicted octanol–water partition coefficient (Wildman–Crippen LogP) is 0.451. The highest BCUT2D eigenvalue weighted by Crippen LogP contribution is 2.30. The number of benzene rings is 1. The first kappa shape index (κ1) is 14.3. The van der Waals surface area contributed by atoms with Crippen molar-refractivity contribution in [3.8, 4) is 11.5 Å². The van der Waals surface area contributed by atoms with E-state index in [1.807, 2.05) is 0 Å². The third-order valence-electron chi connectivity index (χ3n) is 2.65. The van der Waals surface area contributed by atoms with E-state index < -0.39 is 12.0 Å². The van der Waals surface area contributed by atoms with Gasteiger partial charge >= 0.3 is 5.97 Å². The first-order chi connectivity index (χ1) is 8.51. The zero-order chi connectivity index (χ0) is 13.7. The largest absolute Gasteiger partial charge is 0.504 e. The van der Waals surface area contributed by atoms with Crippen molar-refractivity contribution in [2.24, 2.45) is 0 Å². The molecule has 1 aromatic carbocycles. The normalized spacial score (nSPS) is 12.4. The molecule has 0 aliphatic heterocycles. The maximum Gasteiger partial charge on any atom is 0.325 e. The number of carbonyl (C=O) groups is 1. The number of carboxylic acids is 1. The van der Waals surface area contributed by atoms with Crippen molar-refractivity contribution in [2.45, 2.75) is 6.04 Å². The molecule has 0 bridgehead atoms. The predicted molar refractivity (Wildman–Crippen MR) is 64.8 cm³/mol. The lowest BCUT2D eigenvalue weighted by atomic mass is 10.0. The van der Waals surface area contributed by atoms with E-state index in [1.165, 1.54) is 30.2 Å². The SMILES string of the molecule is COc1cc(C(C(=O)O)N(C)CCO)ccc1O. The van der Waals surface area contributed by atoms with E-state index in [4.69, 9.17) is 9.84 Å². The molecule has 0 saturated carbocycles. The quantitative estimate of drug-likeness (QED) is 0.684. The molecule has 1 unspecified atom stereocenters. The smallest absolute Gasteiger partial charge is 0.325 e. The van der Waals surface area contributed by atoms with Crippen molar-refractivity contribution in [1.29, 1.82) is 0 Å². The fourth-order valence-electron chi connectivity index (χ4n) is 1.74. The fraction of sp³-hybridized carbons (Fsp3) is 0.417. The van der Waals surface area contributed by atoms with Crippen LogP contribution in [0.5, 0.6) is 11.5 Å². The minimum absolute atomic E-state index is 0.0461. The van der Waals surface area contributed by atoms with Gasteiger partial charge in [0, 0.05) is 6.54 Å². The Morgan fingerprint density at radius 2 is 2.17 bits per heavy atom. The van der Waals surface area contributed by atoms with E-state index in [1.54, 1.807) is 7.05 Å². The molecule has 0 amide bonds. The van der Waals surface area contributed by atoms with Crippen molar-refractivity contribution >= 4 is 5.97 Å². The molecule has 1 rings (SSSR count). The molecular weight excluding hydrogens is 238 g/mol. The van der Waals surface area contributed by atoms with Gasteiger partial charge in [0.2, 0.25) is 0 Å². The van der Waals surface area contributed by atoms with Crippen molar-refractivity contribution in [1.82, 2.24) is 4.90 Å². The second kappa shape index (κ2) is 6.23. The van der Waals surface area contributed by atoms with Gasteiger partial charge in [0.15, 0.2) is 11.5 Å². The summed E-state index contributed by atoms with van der Waals surface area (Å²) in [4.78, 5) is 12.8. The van der Waals surface area contributed by atoms with Crippen LogP contribution < -0.4 is 4.74 Å². The van der Waals surface area contributed by atoms with E-state index in [9.17, 15) is 15.0 Å². The molecule has 1 aromatic rings. The molecule has 0 aromatic heterocycles. The highest BCUT2D eigenvalue weighted by molar-refractivity contribution is 5.76. The number of hydrogen-bond acceptors (Lipinski definition) is 5. The number of nitrogens with zero attached hydrogens (tertiary/aromatic N) is 1. The number of aromatic hydroxyl groups is 1. The molecule has 6 heteroatoms. The Morgan fingerprint density at radius 1 is 1.50 bits per heavy atom. The average molecular weight is 255 g/mol. The maximum absolute atomic E-state index is 11.3. The summed E-state index contributed by atoms with van der Waals surface area (Å²) in [5.41, 5.74) is 0.480. The topological polar surface area (TPSA) is 90.2 Å². The van der Waals surface area contributed by atoms with E-state index in [0.29, 0.717) is 5.56 Å². The average Bonchev–Trinajstić information content (AvgIpc) is 2.31. The minimum atomic E-state index is -1.03. The Bertz CT molecular complexity index is 421. The zero-order valence-electron chi connectivity index (χ0n) is 10.3. The van der Waals surface area contributed by atoms with Gasteiger partial charge in [-0.3, -0.25) is 9.69 Å². The molecule has 0 radical (unpaired) electrons. The Morgan fingerprint density at radius 3 is 2.67 bits per heavy atom. The summed E-state index contributed by atoms with van der Waals surface area (Å²) in [6, 6.07) is 3.48. The summed E-state index contributed by atoms with van der Waals surface area (Å²) in [6.07, 6.45) is 0. The molecule has 0 fully saturated rings. The highest BCUT2D eigenvalue weighted by atomic mass is 16.5. The van der Waals surface area contributed by atoms with Crippen LogP contribution in [0.4, 0.5) is 0 Å². The lowest BCUT2D eigenvalue weighted by Crippen LogP contribution is -2.32. The second-order valence-electron chi connectivity index (χ2n) is 3.88. The van der Waals surface area contributed by atoms with Crippen LogP contribution in [-0.4, -0.2) is 53.5 Å². The van der Waals surface area contributed by atoms with Crippen LogP contribution in [0, 0.1) is 0 Å². The van der Waals surface area contributed by atoms with E-state index in [0.717, 1.165) is 0 Å². The lowest BCUT2D eigenvalue weighted by molar-refractivity contribution is -0.143. The van der Waals surface area contributed by atoms with Gasteiger partial charge in [-0.25, -0.2) is 0 Å². The van der Waals surface area contributed by atoms with Crippen LogP contribution in [0.15, 0.2) is 18.2 Å². The standard InChI is InChI=1S/C12H17NO5/c1-13(5-6-14)11(12(16)17)8-3-4-9(15)10(7-8)18-2/h3-4,7,11,14-15H,5-6H2,1-2H3,(H,16,17). The van der Waals surface area contributed by atoms with Gasteiger partial charge in [-0.05, 0) is 24.7 Å². The molecule has 18 heavy (non-hydrogen) atoms. The first-order valence-corrected chi connectivity index (χ1v) is 5.42. The number of phenols is 1. The van der Waals surface area contributed by atoms with Gasteiger partial charge in [-0.1, -0.05) is 6.07 Å². The Hall–Kier alpha value is -1.79. The van der Waals surface area contributed by atoms with Gasteiger partial charge < -0.3 is 20.1 Å². The zero-order valence-corrected chi connectivity index (χ0v) is 10.3. The number of hydrogen-bond donors (Lipinski definition) is 3. The van der Waals surface area contributed by atoms with Gasteiger partial charge in [0.1, 0.15) is 6.04 Å². The van der Waals surface area contributed by atoms with Crippen LogP contribution in [0.2, 0.25) is 0 Å². The number of likely N-dealkylation sites (N-methyl/N-ethyl adjacent to an activating group) is 1. The molecular formula is C12H17NO5. The number of methoxy groups -OCH3 is 1. The maximum atomic E-state index is 11.3. The highest BCUT2D eigenvalue weighted by Gasteiger charge is 2.25. The van der Waals surface area contributed by atoms with E-state index >= 15 is 0 Å². The summed E-state index contributed by atoms with van der Waals surface area (Å²) < 4.78 is 4.94. The molecule has 0 aliphatic carbocycles. The van der Waals surface area contributed by atoms with Crippen LogP contribution >= 0.6 is 0 Å². The number of aliphatic carboxylic acids is 1. The van der Waals surface area contributed by atoms with Crippen LogP contribution in [0.25, 0.3) is 0 Å². The Kier molecular flexibility index (Phi) is 4.94. The summed E-state index contributed by atoms with van der Waals surface area (Å²) >= 11 is 0. The third-order valence-corrected chi connectivity index (χ3v) is 2.65. The molecule has 3 N–H and O–H groups in total. The summed E-state index contributed by atoms with van der Waals surface area (Å²) in [5.74, 6) is -0.856. The number of aliphatic hydroxyl groups is 1. The van der Waals surface area contributed by atoms with Crippen molar-refractivity contribution < 1.29 is 24.9 Å². The minimum Gasteiger partial charge on any atom is -0.504 e.